The van der Waals surface area contributed by atoms with Crippen LogP contribution < -0.4 is 10.5 Å². The molecule has 7 heteroatoms. The Labute approximate surface area is 104 Å². The van der Waals surface area contributed by atoms with Crippen LogP contribution in [-0.2, 0) is 14.9 Å². The van der Waals surface area contributed by atoms with E-state index < -0.39 is 15.8 Å². The maximum Gasteiger partial charge on any atom is 0.279 e. The van der Waals surface area contributed by atoms with Gasteiger partial charge in [0.15, 0.2) is 0 Å². The molecule has 1 aliphatic rings. The summed E-state index contributed by atoms with van der Waals surface area (Å²) in [6, 6.07) is -0.123. The third-order valence-corrected chi connectivity index (χ3v) is 4.16. The molecule has 0 bridgehead atoms. The number of hydrogen-bond donors (Lipinski definition) is 2. The molecule has 0 aromatic heterocycles. The zero-order valence-corrected chi connectivity index (χ0v) is 11.8. The lowest BCUT2D eigenvalue weighted by atomic mass is 10.1. The SMILES string of the molecule is CC(C)NS(=O)(=O)N1CC(CN)OC(C)(C)C1. The molecule has 0 radical (unpaired) electrons. The number of nitrogens with two attached hydrogens (primary N) is 1. The van der Waals surface area contributed by atoms with Crippen LogP contribution in [0.3, 0.4) is 0 Å². The highest BCUT2D eigenvalue weighted by atomic mass is 32.2. The van der Waals surface area contributed by atoms with Gasteiger partial charge < -0.3 is 10.5 Å². The van der Waals surface area contributed by atoms with Crippen LogP contribution in [0.25, 0.3) is 0 Å². The summed E-state index contributed by atoms with van der Waals surface area (Å²) in [6.07, 6.45) is -0.248. The number of hydrogen-bond acceptors (Lipinski definition) is 4. The van der Waals surface area contributed by atoms with Crippen molar-refractivity contribution in [1.29, 1.82) is 0 Å². The molecule has 1 rings (SSSR count). The standard InChI is InChI=1S/C10H23N3O3S/c1-8(2)12-17(14,15)13-6-9(5-11)16-10(3,4)7-13/h8-9,12H,5-7,11H2,1-4H3. The van der Waals surface area contributed by atoms with E-state index in [-0.39, 0.29) is 12.1 Å². The number of nitrogens with one attached hydrogen (secondary N) is 1. The van der Waals surface area contributed by atoms with Gasteiger partial charge in [-0.3, -0.25) is 0 Å². The predicted octanol–water partition coefficient (Wildman–Crippen LogP) is -0.333. The van der Waals surface area contributed by atoms with Crippen molar-refractivity contribution in [1.82, 2.24) is 9.03 Å². The van der Waals surface area contributed by atoms with Crippen molar-refractivity contribution in [2.75, 3.05) is 19.6 Å². The lowest BCUT2D eigenvalue weighted by molar-refractivity contribution is -0.113. The second kappa shape index (κ2) is 5.19. The van der Waals surface area contributed by atoms with Gasteiger partial charge in [-0.15, -0.1) is 0 Å². The zero-order chi connectivity index (χ0) is 13.3. The van der Waals surface area contributed by atoms with Crippen LogP contribution in [0.2, 0.25) is 0 Å². The van der Waals surface area contributed by atoms with Crippen molar-refractivity contribution in [3.8, 4) is 0 Å². The van der Waals surface area contributed by atoms with Gasteiger partial charge in [-0.05, 0) is 27.7 Å². The normalized spacial score (nSPS) is 26.4. The second-order valence-electron chi connectivity index (χ2n) is 5.31. The fourth-order valence-electron chi connectivity index (χ4n) is 1.92. The number of morpholine rings is 1. The van der Waals surface area contributed by atoms with E-state index in [0.29, 0.717) is 19.6 Å². The van der Waals surface area contributed by atoms with Gasteiger partial charge in [0.2, 0.25) is 0 Å². The lowest BCUT2D eigenvalue weighted by Gasteiger charge is -2.41. The molecular weight excluding hydrogens is 242 g/mol. The Hall–Kier alpha value is -0.210. The third kappa shape index (κ3) is 4.18. The maximum absolute atomic E-state index is 12.1. The van der Waals surface area contributed by atoms with Gasteiger partial charge in [-0.2, -0.15) is 17.4 Å². The van der Waals surface area contributed by atoms with Crippen molar-refractivity contribution >= 4 is 10.2 Å². The van der Waals surface area contributed by atoms with Crippen molar-refractivity contribution < 1.29 is 13.2 Å². The van der Waals surface area contributed by atoms with Crippen LogP contribution in [-0.4, -0.2) is 50.1 Å². The molecule has 102 valence electrons. The first-order valence-electron chi connectivity index (χ1n) is 5.81. The molecule has 1 aliphatic heterocycles. The number of rotatable bonds is 4. The highest BCUT2D eigenvalue weighted by molar-refractivity contribution is 7.87. The maximum atomic E-state index is 12.1. The van der Waals surface area contributed by atoms with Gasteiger partial charge in [0.25, 0.3) is 10.2 Å². The first-order chi connectivity index (χ1) is 7.66. The fraction of sp³-hybridized carbons (Fsp3) is 1.00. The number of nitrogens with zero attached hydrogens (tertiary/aromatic N) is 1. The molecule has 1 saturated heterocycles. The Kier molecular flexibility index (Phi) is 4.54. The minimum atomic E-state index is -3.45. The van der Waals surface area contributed by atoms with Crippen LogP contribution in [0.15, 0.2) is 0 Å². The minimum absolute atomic E-state index is 0.123. The Morgan fingerprint density at radius 3 is 2.59 bits per heavy atom. The smallest absolute Gasteiger partial charge is 0.279 e. The van der Waals surface area contributed by atoms with Crippen LogP contribution in [0.5, 0.6) is 0 Å². The number of ether oxygens (including phenoxy) is 1. The molecule has 1 fully saturated rings. The lowest BCUT2D eigenvalue weighted by Crippen LogP contribution is -2.59. The summed E-state index contributed by atoms with van der Waals surface area (Å²) in [6.45, 7) is 8.29. The average Bonchev–Trinajstić information content (AvgIpc) is 2.13. The molecule has 0 spiro atoms. The molecule has 0 aromatic carbocycles. The van der Waals surface area contributed by atoms with Crippen molar-refractivity contribution in [2.24, 2.45) is 5.73 Å². The molecule has 17 heavy (non-hydrogen) atoms. The Morgan fingerprint density at radius 2 is 2.12 bits per heavy atom. The van der Waals surface area contributed by atoms with E-state index in [9.17, 15) is 8.42 Å². The van der Waals surface area contributed by atoms with Crippen LogP contribution >= 0.6 is 0 Å². The molecule has 1 atom stereocenters. The van der Waals surface area contributed by atoms with Gasteiger partial charge in [-0.1, -0.05) is 0 Å². The molecule has 0 aromatic rings. The summed E-state index contributed by atoms with van der Waals surface area (Å²) in [5.74, 6) is 0. The van der Waals surface area contributed by atoms with Crippen molar-refractivity contribution in [3.05, 3.63) is 0 Å². The van der Waals surface area contributed by atoms with E-state index in [2.05, 4.69) is 4.72 Å². The quantitative estimate of drug-likeness (QED) is 0.729. The molecule has 0 aliphatic carbocycles. The Morgan fingerprint density at radius 1 is 1.53 bits per heavy atom. The van der Waals surface area contributed by atoms with E-state index in [4.69, 9.17) is 10.5 Å². The van der Waals surface area contributed by atoms with Gasteiger partial charge >= 0.3 is 0 Å². The molecule has 0 saturated carbocycles. The second-order valence-corrected chi connectivity index (χ2v) is 7.01. The molecule has 3 N–H and O–H groups in total. The van der Waals surface area contributed by atoms with Gasteiger partial charge in [0.05, 0.1) is 11.7 Å². The highest BCUT2D eigenvalue weighted by Crippen LogP contribution is 2.22. The Bertz CT molecular complexity index is 354. The zero-order valence-electron chi connectivity index (χ0n) is 10.9. The van der Waals surface area contributed by atoms with Crippen molar-refractivity contribution in [2.45, 2.75) is 45.4 Å². The topological polar surface area (TPSA) is 84.7 Å². The molecule has 1 heterocycles. The summed E-state index contributed by atoms with van der Waals surface area (Å²) in [5, 5.41) is 0. The van der Waals surface area contributed by atoms with Crippen LogP contribution in [0.4, 0.5) is 0 Å². The first kappa shape index (κ1) is 14.8. The first-order valence-corrected chi connectivity index (χ1v) is 7.25. The summed E-state index contributed by atoms with van der Waals surface area (Å²) < 4.78 is 33.8. The molecular formula is C10H23N3O3S. The molecule has 0 amide bonds. The summed E-state index contributed by atoms with van der Waals surface area (Å²) in [4.78, 5) is 0. The third-order valence-electron chi connectivity index (χ3n) is 2.44. The van der Waals surface area contributed by atoms with E-state index in [1.54, 1.807) is 13.8 Å². The summed E-state index contributed by atoms with van der Waals surface area (Å²) in [5.41, 5.74) is 5.06. The highest BCUT2D eigenvalue weighted by Gasteiger charge is 2.38. The van der Waals surface area contributed by atoms with Gasteiger partial charge in [0, 0.05) is 25.7 Å². The minimum Gasteiger partial charge on any atom is -0.368 e. The van der Waals surface area contributed by atoms with E-state index in [0.717, 1.165) is 0 Å². The predicted molar refractivity (Wildman–Crippen MR) is 66.8 cm³/mol. The average molecular weight is 265 g/mol. The van der Waals surface area contributed by atoms with E-state index in [1.165, 1.54) is 4.31 Å². The fourth-order valence-corrected chi connectivity index (χ4v) is 3.51. The van der Waals surface area contributed by atoms with Crippen molar-refractivity contribution in [3.63, 3.8) is 0 Å². The summed E-state index contributed by atoms with van der Waals surface area (Å²) in [7, 11) is -3.45. The van der Waals surface area contributed by atoms with Crippen LogP contribution in [0, 0.1) is 0 Å². The largest absolute Gasteiger partial charge is 0.368 e. The molecule has 1 unspecified atom stereocenters. The molecule has 6 nitrogen and oxygen atoms in total. The Balaban J connectivity index is 2.83. The van der Waals surface area contributed by atoms with E-state index >= 15 is 0 Å². The monoisotopic (exact) mass is 265 g/mol. The summed E-state index contributed by atoms with van der Waals surface area (Å²) >= 11 is 0. The van der Waals surface area contributed by atoms with Gasteiger partial charge in [0.1, 0.15) is 0 Å². The van der Waals surface area contributed by atoms with E-state index in [1.807, 2.05) is 13.8 Å². The van der Waals surface area contributed by atoms with Gasteiger partial charge in [-0.25, -0.2) is 0 Å². The van der Waals surface area contributed by atoms with Crippen LogP contribution in [0.1, 0.15) is 27.7 Å².